The summed E-state index contributed by atoms with van der Waals surface area (Å²) in [6.07, 6.45) is 13.5. The highest BCUT2D eigenvalue weighted by Gasteiger charge is 2.22. The number of unbranched alkanes of at least 4 members (excludes halogenated alkanes) is 8. The van der Waals surface area contributed by atoms with Crippen LogP contribution < -0.4 is 0 Å². The Morgan fingerprint density at radius 2 is 1.31 bits per heavy atom. The van der Waals surface area contributed by atoms with E-state index in [-0.39, 0.29) is 11.1 Å². The van der Waals surface area contributed by atoms with Crippen molar-refractivity contribution in [2.45, 2.75) is 90.9 Å². The van der Waals surface area contributed by atoms with E-state index in [4.69, 9.17) is 0 Å². The second kappa shape index (κ2) is 12.5. The van der Waals surface area contributed by atoms with Crippen LogP contribution in [-0.2, 0) is 12.8 Å². The minimum Gasteiger partial charge on any atom is -0.478 e. The van der Waals surface area contributed by atoms with Gasteiger partial charge in [0.05, 0.1) is 11.1 Å². The topological polar surface area (TPSA) is 74.6 Å². The number of aromatic carboxylic acids is 2. The summed E-state index contributed by atoms with van der Waals surface area (Å²) in [7, 11) is 0. The molecule has 0 atom stereocenters. The Kier molecular flexibility index (Phi) is 10.7. The first-order valence-corrected chi connectivity index (χ1v) is 10.1. The van der Waals surface area contributed by atoms with Gasteiger partial charge in [-0.2, -0.15) is 0 Å². The largest absolute Gasteiger partial charge is 0.478 e. The van der Waals surface area contributed by atoms with Crippen LogP contribution in [0.15, 0.2) is 12.1 Å². The van der Waals surface area contributed by atoms with Crippen LogP contribution in [0.1, 0.15) is 110 Å². The summed E-state index contributed by atoms with van der Waals surface area (Å²) >= 11 is 0. The predicted octanol–water partition coefficient (Wildman–Crippen LogP) is 6.11. The number of carboxylic acids is 2. The van der Waals surface area contributed by atoms with Gasteiger partial charge in [0.15, 0.2) is 0 Å². The standard InChI is InChI=1S/C22H34O4/c1-3-5-6-7-8-9-10-11-12-14-17-15-16-19(21(23)24)20(22(25)26)18(17)13-4-2/h15-16H,3-14H2,1-2H3,(H,23,24)(H,25,26). The summed E-state index contributed by atoms with van der Waals surface area (Å²) in [6.45, 7) is 4.22. The van der Waals surface area contributed by atoms with Crippen molar-refractivity contribution in [3.05, 3.63) is 34.4 Å². The van der Waals surface area contributed by atoms with Gasteiger partial charge in [-0.15, -0.1) is 0 Å². The van der Waals surface area contributed by atoms with E-state index in [1.54, 1.807) is 0 Å². The number of carbonyl (C=O) groups is 2. The molecule has 1 aromatic rings. The van der Waals surface area contributed by atoms with Gasteiger partial charge in [-0.1, -0.05) is 77.7 Å². The van der Waals surface area contributed by atoms with Crippen LogP contribution in [0.4, 0.5) is 0 Å². The van der Waals surface area contributed by atoms with Gasteiger partial charge in [-0.05, 0) is 36.5 Å². The molecule has 0 aliphatic heterocycles. The number of carboxylic acid groups (broad SMARTS) is 2. The summed E-state index contributed by atoms with van der Waals surface area (Å²) in [5.74, 6) is -2.31. The average Bonchev–Trinajstić information content (AvgIpc) is 2.60. The number of hydrogen-bond acceptors (Lipinski definition) is 2. The Morgan fingerprint density at radius 3 is 1.81 bits per heavy atom. The molecular formula is C22H34O4. The second-order valence-corrected chi connectivity index (χ2v) is 7.06. The van der Waals surface area contributed by atoms with Crippen LogP contribution in [0.5, 0.6) is 0 Å². The molecule has 0 amide bonds. The molecule has 4 heteroatoms. The van der Waals surface area contributed by atoms with Crippen molar-refractivity contribution >= 4 is 11.9 Å². The first-order valence-electron chi connectivity index (χ1n) is 10.1. The Hall–Kier alpha value is -1.84. The number of aryl methyl sites for hydroxylation is 1. The lowest BCUT2D eigenvalue weighted by atomic mass is 9.90. The Bertz CT molecular complexity index is 578. The van der Waals surface area contributed by atoms with Gasteiger partial charge < -0.3 is 10.2 Å². The first-order chi connectivity index (χ1) is 12.5. The third-order valence-electron chi connectivity index (χ3n) is 4.90. The van der Waals surface area contributed by atoms with Gasteiger partial charge in [0, 0.05) is 0 Å². The molecule has 1 rings (SSSR count). The van der Waals surface area contributed by atoms with Crippen LogP contribution in [0.2, 0.25) is 0 Å². The van der Waals surface area contributed by atoms with E-state index in [1.165, 1.54) is 51.0 Å². The SMILES string of the molecule is CCCCCCCCCCCc1ccc(C(=O)O)c(C(=O)O)c1CCC. The van der Waals surface area contributed by atoms with Crippen LogP contribution in [-0.4, -0.2) is 22.2 Å². The third kappa shape index (κ3) is 7.19. The van der Waals surface area contributed by atoms with Crippen LogP contribution in [0.25, 0.3) is 0 Å². The smallest absolute Gasteiger partial charge is 0.336 e. The Labute approximate surface area is 157 Å². The molecule has 0 bridgehead atoms. The molecule has 0 aromatic heterocycles. The molecule has 26 heavy (non-hydrogen) atoms. The molecule has 146 valence electrons. The minimum absolute atomic E-state index is 0.0206. The maximum absolute atomic E-state index is 11.6. The van der Waals surface area contributed by atoms with Gasteiger partial charge in [-0.25, -0.2) is 9.59 Å². The van der Waals surface area contributed by atoms with E-state index in [0.717, 1.165) is 31.2 Å². The summed E-state index contributed by atoms with van der Waals surface area (Å²) < 4.78 is 0. The van der Waals surface area contributed by atoms with Gasteiger partial charge >= 0.3 is 11.9 Å². The summed E-state index contributed by atoms with van der Waals surface area (Å²) in [6, 6.07) is 3.26. The van der Waals surface area contributed by atoms with Crippen LogP contribution in [0, 0.1) is 0 Å². The molecule has 2 N–H and O–H groups in total. The van der Waals surface area contributed by atoms with E-state index < -0.39 is 11.9 Å². The molecule has 0 aliphatic carbocycles. The zero-order valence-corrected chi connectivity index (χ0v) is 16.4. The van der Waals surface area contributed by atoms with E-state index in [1.807, 2.05) is 13.0 Å². The lowest BCUT2D eigenvalue weighted by Crippen LogP contribution is -2.14. The second-order valence-electron chi connectivity index (χ2n) is 7.06. The van der Waals surface area contributed by atoms with Gasteiger partial charge in [0.1, 0.15) is 0 Å². The molecule has 0 spiro atoms. The van der Waals surface area contributed by atoms with Crippen LogP contribution >= 0.6 is 0 Å². The van der Waals surface area contributed by atoms with Crippen molar-refractivity contribution in [2.24, 2.45) is 0 Å². The zero-order chi connectivity index (χ0) is 19.4. The van der Waals surface area contributed by atoms with E-state index in [2.05, 4.69) is 6.92 Å². The average molecular weight is 363 g/mol. The molecule has 0 unspecified atom stereocenters. The highest BCUT2D eigenvalue weighted by atomic mass is 16.4. The first kappa shape index (κ1) is 22.2. The van der Waals surface area contributed by atoms with Crippen molar-refractivity contribution in [3.63, 3.8) is 0 Å². The molecule has 4 nitrogen and oxygen atoms in total. The van der Waals surface area contributed by atoms with Gasteiger partial charge in [0.2, 0.25) is 0 Å². The normalized spacial score (nSPS) is 10.8. The molecule has 0 saturated heterocycles. The van der Waals surface area contributed by atoms with E-state index in [0.29, 0.717) is 12.0 Å². The number of rotatable bonds is 14. The zero-order valence-electron chi connectivity index (χ0n) is 16.4. The highest BCUT2D eigenvalue weighted by Crippen LogP contribution is 2.24. The minimum atomic E-state index is -1.17. The van der Waals surface area contributed by atoms with Crippen molar-refractivity contribution in [3.8, 4) is 0 Å². The van der Waals surface area contributed by atoms with Gasteiger partial charge in [-0.3, -0.25) is 0 Å². The molecule has 0 saturated carbocycles. The van der Waals surface area contributed by atoms with E-state index in [9.17, 15) is 19.8 Å². The monoisotopic (exact) mass is 362 g/mol. The quantitative estimate of drug-likeness (QED) is 0.392. The summed E-state index contributed by atoms with van der Waals surface area (Å²) in [5, 5.41) is 18.8. The summed E-state index contributed by atoms with van der Waals surface area (Å²) in [5.41, 5.74) is 1.58. The maximum atomic E-state index is 11.6. The fourth-order valence-electron chi connectivity index (χ4n) is 3.51. The molecule has 0 aliphatic rings. The number of benzene rings is 1. The van der Waals surface area contributed by atoms with Crippen LogP contribution in [0.3, 0.4) is 0 Å². The summed E-state index contributed by atoms with van der Waals surface area (Å²) in [4.78, 5) is 23.0. The molecule has 0 heterocycles. The lowest BCUT2D eigenvalue weighted by Gasteiger charge is -2.14. The predicted molar refractivity (Wildman–Crippen MR) is 105 cm³/mol. The molecule has 0 fully saturated rings. The van der Waals surface area contributed by atoms with Crippen molar-refractivity contribution in [1.29, 1.82) is 0 Å². The van der Waals surface area contributed by atoms with Crippen molar-refractivity contribution in [1.82, 2.24) is 0 Å². The van der Waals surface area contributed by atoms with Gasteiger partial charge in [0.25, 0.3) is 0 Å². The Morgan fingerprint density at radius 1 is 0.731 bits per heavy atom. The fourth-order valence-corrected chi connectivity index (χ4v) is 3.51. The highest BCUT2D eigenvalue weighted by molar-refractivity contribution is 6.03. The molecule has 0 radical (unpaired) electrons. The number of hydrogen-bond donors (Lipinski definition) is 2. The van der Waals surface area contributed by atoms with Crippen molar-refractivity contribution in [2.75, 3.05) is 0 Å². The van der Waals surface area contributed by atoms with Crippen molar-refractivity contribution < 1.29 is 19.8 Å². The fraction of sp³-hybridized carbons (Fsp3) is 0.636. The third-order valence-corrected chi connectivity index (χ3v) is 4.90. The van der Waals surface area contributed by atoms with E-state index >= 15 is 0 Å². The molecule has 1 aromatic carbocycles. The lowest BCUT2D eigenvalue weighted by molar-refractivity contribution is 0.0650. The Balaban J connectivity index is 2.62. The maximum Gasteiger partial charge on any atom is 0.336 e. The molecular weight excluding hydrogens is 328 g/mol.